The Balaban J connectivity index is 1.66. The highest BCUT2D eigenvalue weighted by molar-refractivity contribution is 9.10. The molecule has 5 nitrogen and oxygen atoms in total. The van der Waals surface area contributed by atoms with Gasteiger partial charge in [-0.25, -0.2) is 4.79 Å². The van der Waals surface area contributed by atoms with Gasteiger partial charge in [0.2, 0.25) is 0 Å². The third-order valence-corrected chi connectivity index (χ3v) is 5.20. The molecule has 0 radical (unpaired) electrons. The first-order chi connectivity index (χ1) is 12.1. The number of rotatable bonds is 3. The standard InChI is InChI=1S/C20H25BrN2O3/c1-20(2,3)26-19(25)23-8-7-13(12-23)9-18(24)17-10-14-5-6-15(21)11-16(14)22(17)4/h5-6,10-11,13H,7-9,12H2,1-4H3/t13-/m0/s1. The second-order valence-electron chi connectivity index (χ2n) is 8.00. The summed E-state index contributed by atoms with van der Waals surface area (Å²) in [6, 6.07) is 7.96. The first-order valence-electron chi connectivity index (χ1n) is 8.90. The second-order valence-corrected chi connectivity index (χ2v) is 8.92. The van der Waals surface area contributed by atoms with E-state index in [0.717, 1.165) is 21.8 Å². The third kappa shape index (κ3) is 4.11. The molecule has 0 saturated carbocycles. The monoisotopic (exact) mass is 420 g/mol. The Hall–Kier alpha value is -1.82. The van der Waals surface area contributed by atoms with Crippen molar-refractivity contribution < 1.29 is 14.3 Å². The summed E-state index contributed by atoms with van der Waals surface area (Å²) >= 11 is 3.48. The van der Waals surface area contributed by atoms with Gasteiger partial charge in [-0.05, 0) is 51.3 Å². The molecule has 2 heterocycles. The molecule has 2 aromatic rings. The SMILES string of the molecule is Cn1c(C(=O)C[C@@H]2CCN(C(=O)OC(C)(C)C)C2)cc2ccc(Br)cc21. The molecule has 26 heavy (non-hydrogen) atoms. The van der Waals surface area contributed by atoms with Crippen molar-refractivity contribution in [1.82, 2.24) is 9.47 Å². The smallest absolute Gasteiger partial charge is 0.410 e. The zero-order valence-corrected chi connectivity index (χ0v) is 17.3. The number of likely N-dealkylation sites (tertiary alicyclic amines) is 1. The number of benzene rings is 1. The maximum absolute atomic E-state index is 12.8. The predicted octanol–water partition coefficient (Wildman–Crippen LogP) is 4.77. The largest absolute Gasteiger partial charge is 0.444 e. The van der Waals surface area contributed by atoms with Crippen molar-refractivity contribution in [3.8, 4) is 0 Å². The lowest BCUT2D eigenvalue weighted by Crippen LogP contribution is -2.35. The lowest BCUT2D eigenvalue weighted by atomic mass is 10.0. The van der Waals surface area contributed by atoms with E-state index >= 15 is 0 Å². The van der Waals surface area contributed by atoms with Gasteiger partial charge in [-0.3, -0.25) is 4.79 Å². The van der Waals surface area contributed by atoms with Crippen LogP contribution < -0.4 is 0 Å². The van der Waals surface area contributed by atoms with E-state index in [4.69, 9.17) is 4.74 Å². The van der Waals surface area contributed by atoms with Gasteiger partial charge >= 0.3 is 6.09 Å². The number of carbonyl (C=O) groups is 2. The van der Waals surface area contributed by atoms with Crippen LogP contribution in [0.25, 0.3) is 10.9 Å². The lowest BCUT2D eigenvalue weighted by molar-refractivity contribution is 0.0286. The minimum Gasteiger partial charge on any atom is -0.444 e. The van der Waals surface area contributed by atoms with Gasteiger partial charge in [0.15, 0.2) is 5.78 Å². The molecule has 6 heteroatoms. The van der Waals surface area contributed by atoms with Crippen molar-refractivity contribution in [2.75, 3.05) is 13.1 Å². The molecule has 0 aliphatic carbocycles. The van der Waals surface area contributed by atoms with Crippen molar-refractivity contribution in [2.45, 2.75) is 39.2 Å². The topological polar surface area (TPSA) is 51.5 Å². The van der Waals surface area contributed by atoms with E-state index in [2.05, 4.69) is 15.9 Å². The van der Waals surface area contributed by atoms with Crippen LogP contribution in [0.15, 0.2) is 28.7 Å². The van der Waals surface area contributed by atoms with Crippen LogP contribution >= 0.6 is 15.9 Å². The second kappa shape index (κ2) is 7.06. The summed E-state index contributed by atoms with van der Waals surface area (Å²) in [6.07, 6.45) is 0.993. The zero-order chi connectivity index (χ0) is 19.1. The molecule has 3 rings (SSSR count). The lowest BCUT2D eigenvalue weighted by Gasteiger charge is -2.24. The molecule has 0 unspecified atom stereocenters. The average Bonchev–Trinajstić information content (AvgIpc) is 3.11. The fourth-order valence-electron chi connectivity index (χ4n) is 3.43. The van der Waals surface area contributed by atoms with Crippen molar-refractivity contribution in [1.29, 1.82) is 0 Å². The highest BCUT2D eigenvalue weighted by Gasteiger charge is 2.31. The normalized spacial score (nSPS) is 17.7. The van der Waals surface area contributed by atoms with Crippen molar-refractivity contribution in [3.05, 3.63) is 34.4 Å². The molecule has 1 amide bonds. The molecule has 0 bridgehead atoms. The zero-order valence-electron chi connectivity index (χ0n) is 15.7. The van der Waals surface area contributed by atoms with Gasteiger partial charge in [-0.2, -0.15) is 0 Å². The van der Waals surface area contributed by atoms with Crippen LogP contribution in [-0.2, 0) is 11.8 Å². The Morgan fingerprint density at radius 1 is 1.27 bits per heavy atom. The third-order valence-electron chi connectivity index (χ3n) is 4.70. The number of aryl methyl sites for hydroxylation is 1. The van der Waals surface area contributed by atoms with Crippen LogP contribution in [0.5, 0.6) is 0 Å². The van der Waals surface area contributed by atoms with E-state index in [1.807, 2.05) is 56.7 Å². The number of amides is 1. The number of aromatic nitrogens is 1. The number of nitrogens with zero attached hydrogens (tertiary/aromatic N) is 2. The fraction of sp³-hybridized carbons (Fsp3) is 0.500. The van der Waals surface area contributed by atoms with Gasteiger partial charge < -0.3 is 14.2 Å². The van der Waals surface area contributed by atoms with Gasteiger partial charge in [0, 0.05) is 41.9 Å². The minimum atomic E-state index is -0.498. The summed E-state index contributed by atoms with van der Waals surface area (Å²) in [4.78, 5) is 26.7. The summed E-state index contributed by atoms with van der Waals surface area (Å²) in [5.74, 6) is 0.302. The van der Waals surface area contributed by atoms with Crippen LogP contribution in [0.1, 0.15) is 44.1 Å². The van der Waals surface area contributed by atoms with Crippen LogP contribution in [0, 0.1) is 5.92 Å². The summed E-state index contributed by atoms with van der Waals surface area (Å²) in [7, 11) is 1.92. The molecular formula is C20H25BrN2O3. The number of carbonyl (C=O) groups excluding carboxylic acids is 2. The number of ether oxygens (including phenoxy) is 1. The first-order valence-corrected chi connectivity index (χ1v) is 9.69. The van der Waals surface area contributed by atoms with Crippen molar-refractivity contribution >= 4 is 38.7 Å². The quantitative estimate of drug-likeness (QED) is 0.671. The Morgan fingerprint density at radius 3 is 2.69 bits per heavy atom. The molecule has 1 aliphatic rings. The molecule has 1 atom stereocenters. The van der Waals surface area contributed by atoms with Crippen molar-refractivity contribution in [2.24, 2.45) is 13.0 Å². The van der Waals surface area contributed by atoms with Gasteiger partial charge in [-0.1, -0.05) is 22.0 Å². The Morgan fingerprint density at radius 2 is 2.00 bits per heavy atom. The maximum Gasteiger partial charge on any atom is 0.410 e. The number of ketones is 1. The highest BCUT2D eigenvalue weighted by Crippen LogP contribution is 2.27. The first kappa shape index (κ1) is 19.0. The molecule has 1 saturated heterocycles. The fourth-order valence-corrected chi connectivity index (χ4v) is 3.78. The van der Waals surface area contributed by atoms with E-state index in [1.165, 1.54) is 0 Å². The van der Waals surface area contributed by atoms with E-state index in [-0.39, 0.29) is 17.8 Å². The molecule has 140 valence electrons. The van der Waals surface area contributed by atoms with E-state index in [0.29, 0.717) is 25.2 Å². The average molecular weight is 421 g/mol. The Bertz CT molecular complexity index is 851. The van der Waals surface area contributed by atoms with Crippen LogP contribution in [0.3, 0.4) is 0 Å². The van der Waals surface area contributed by atoms with Gasteiger partial charge in [0.25, 0.3) is 0 Å². The van der Waals surface area contributed by atoms with E-state index < -0.39 is 5.60 Å². The highest BCUT2D eigenvalue weighted by atomic mass is 79.9. The van der Waals surface area contributed by atoms with Gasteiger partial charge in [0.05, 0.1) is 5.69 Å². The number of fused-ring (bicyclic) bond motifs is 1. The molecule has 1 aromatic heterocycles. The molecular weight excluding hydrogens is 396 g/mol. The van der Waals surface area contributed by atoms with E-state index in [1.54, 1.807) is 4.90 Å². The number of halogens is 1. The summed E-state index contributed by atoms with van der Waals surface area (Å²) in [5.41, 5.74) is 1.25. The van der Waals surface area contributed by atoms with Gasteiger partial charge in [-0.15, -0.1) is 0 Å². The molecule has 0 N–H and O–H groups in total. The summed E-state index contributed by atoms with van der Waals surface area (Å²) < 4.78 is 8.37. The van der Waals surface area contributed by atoms with E-state index in [9.17, 15) is 9.59 Å². The van der Waals surface area contributed by atoms with Crippen molar-refractivity contribution in [3.63, 3.8) is 0 Å². The Kier molecular flexibility index (Phi) is 5.15. The summed E-state index contributed by atoms with van der Waals surface area (Å²) in [5, 5.41) is 1.06. The molecule has 1 fully saturated rings. The van der Waals surface area contributed by atoms with Crippen LogP contribution in [0.2, 0.25) is 0 Å². The number of hydrogen-bond acceptors (Lipinski definition) is 3. The summed E-state index contributed by atoms with van der Waals surface area (Å²) in [6.45, 7) is 6.81. The number of hydrogen-bond donors (Lipinski definition) is 0. The van der Waals surface area contributed by atoms with Crippen LogP contribution in [0.4, 0.5) is 4.79 Å². The maximum atomic E-state index is 12.8. The van der Waals surface area contributed by atoms with Crippen LogP contribution in [-0.4, -0.2) is 40.0 Å². The van der Waals surface area contributed by atoms with Gasteiger partial charge in [0.1, 0.15) is 5.60 Å². The molecule has 1 aromatic carbocycles. The Labute approximate surface area is 162 Å². The predicted molar refractivity (Wildman–Crippen MR) is 105 cm³/mol. The molecule has 0 spiro atoms. The number of Topliss-reactive ketones (excluding diaryl/α,β-unsaturated/α-hetero) is 1. The minimum absolute atomic E-state index is 0.121. The molecule has 1 aliphatic heterocycles.